The zero-order chi connectivity index (χ0) is 12.7. The first-order valence-corrected chi connectivity index (χ1v) is 5.75. The van der Waals surface area contributed by atoms with Crippen molar-refractivity contribution in [2.75, 3.05) is 0 Å². The molecule has 18 heavy (non-hydrogen) atoms. The minimum absolute atomic E-state index is 0.115. The van der Waals surface area contributed by atoms with Crippen LogP contribution in [-0.2, 0) is 16.1 Å². The monoisotopic (exact) mass is 265 g/mol. The molecule has 0 radical (unpaired) electrons. The van der Waals surface area contributed by atoms with Crippen LogP contribution in [0, 0.1) is 0 Å². The highest BCUT2D eigenvalue weighted by atomic mass is 35.5. The Labute approximate surface area is 107 Å². The van der Waals surface area contributed by atoms with Crippen molar-refractivity contribution in [3.63, 3.8) is 0 Å². The van der Waals surface area contributed by atoms with Crippen LogP contribution in [0.1, 0.15) is 18.6 Å². The first-order valence-electron chi connectivity index (χ1n) is 5.37. The number of imide groups is 1. The quantitative estimate of drug-likeness (QED) is 0.608. The number of likely N-dealkylation sites (tertiary alicyclic amines) is 1. The van der Waals surface area contributed by atoms with Crippen molar-refractivity contribution >= 4 is 34.5 Å². The fraction of sp³-hybridized carbons (Fsp3) is 0.273. The molecule has 3 rings (SSSR count). The topological polar surface area (TPSA) is 76.3 Å². The summed E-state index contributed by atoms with van der Waals surface area (Å²) in [6.07, 6.45) is 1.86. The molecular weight excluding hydrogens is 258 g/mol. The summed E-state index contributed by atoms with van der Waals surface area (Å²) in [5, 5.41) is 0.213. The number of carbonyl (C=O) groups excluding carboxylic acids is 2. The van der Waals surface area contributed by atoms with Gasteiger partial charge in [-0.15, -0.1) is 0 Å². The van der Waals surface area contributed by atoms with Gasteiger partial charge in [0.1, 0.15) is 17.6 Å². The molecule has 0 aromatic carbocycles. The first kappa shape index (κ1) is 11.2. The second kappa shape index (κ2) is 4.06. The van der Waals surface area contributed by atoms with Gasteiger partial charge in [0.25, 0.3) is 0 Å². The molecule has 2 amide bonds. The normalized spacial score (nSPS) is 15.9. The summed E-state index contributed by atoms with van der Waals surface area (Å²) in [5.41, 5.74) is 0.928. The number of furan rings is 1. The van der Waals surface area contributed by atoms with E-state index in [-0.39, 0.29) is 36.4 Å². The summed E-state index contributed by atoms with van der Waals surface area (Å²) >= 11 is 5.85. The molecule has 6 nitrogen and oxygen atoms in total. The van der Waals surface area contributed by atoms with Crippen LogP contribution in [0.5, 0.6) is 0 Å². The maximum atomic E-state index is 11.5. The Morgan fingerprint density at radius 2 is 2.00 bits per heavy atom. The molecule has 0 saturated carbocycles. The van der Waals surface area contributed by atoms with Crippen LogP contribution in [0.2, 0.25) is 5.15 Å². The zero-order valence-corrected chi connectivity index (χ0v) is 9.98. The van der Waals surface area contributed by atoms with Gasteiger partial charge in [0.15, 0.2) is 10.7 Å². The average molecular weight is 266 g/mol. The van der Waals surface area contributed by atoms with Crippen molar-refractivity contribution in [1.29, 1.82) is 0 Å². The van der Waals surface area contributed by atoms with E-state index in [1.165, 1.54) is 11.2 Å². The van der Waals surface area contributed by atoms with E-state index in [1.54, 1.807) is 6.07 Å². The molecule has 0 N–H and O–H groups in total. The third-order valence-electron chi connectivity index (χ3n) is 2.79. The molecule has 1 fully saturated rings. The van der Waals surface area contributed by atoms with Gasteiger partial charge in [0, 0.05) is 18.9 Å². The molecule has 92 valence electrons. The molecule has 2 aromatic rings. The second-order valence-electron chi connectivity index (χ2n) is 3.97. The lowest BCUT2D eigenvalue weighted by molar-refractivity contribution is -0.139. The number of hydrogen-bond donors (Lipinski definition) is 0. The minimum atomic E-state index is -0.183. The molecule has 0 unspecified atom stereocenters. The van der Waals surface area contributed by atoms with Crippen molar-refractivity contribution < 1.29 is 14.0 Å². The highest BCUT2D eigenvalue weighted by Crippen LogP contribution is 2.25. The summed E-state index contributed by atoms with van der Waals surface area (Å²) < 4.78 is 5.45. The van der Waals surface area contributed by atoms with Crippen LogP contribution < -0.4 is 0 Å². The summed E-state index contributed by atoms with van der Waals surface area (Å²) in [6, 6.07) is 1.65. The third-order valence-corrected chi connectivity index (χ3v) is 3.06. The molecule has 3 heterocycles. The van der Waals surface area contributed by atoms with Gasteiger partial charge in [0.05, 0.1) is 6.54 Å². The maximum absolute atomic E-state index is 11.5. The van der Waals surface area contributed by atoms with Crippen molar-refractivity contribution in [3.05, 3.63) is 23.3 Å². The van der Waals surface area contributed by atoms with Gasteiger partial charge in [0.2, 0.25) is 11.8 Å². The Bertz CT molecular complexity index is 636. The van der Waals surface area contributed by atoms with E-state index in [2.05, 4.69) is 9.97 Å². The van der Waals surface area contributed by atoms with Crippen molar-refractivity contribution in [1.82, 2.24) is 14.9 Å². The Balaban J connectivity index is 1.93. The van der Waals surface area contributed by atoms with E-state index in [1.807, 2.05) is 0 Å². The summed E-state index contributed by atoms with van der Waals surface area (Å²) in [7, 11) is 0. The smallest absolute Gasteiger partial charge is 0.230 e. The highest BCUT2D eigenvalue weighted by Gasteiger charge is 2.29. The van der Waals surface area contributed by atoms with E-state index in [0.717, 1.165) is 0 Å². The maximum Gasteiger partial charge on any atom is 0.230 e. The fourth-order valence-electron chi connectivity index (χ4n) is 1.91. The number of carbonyl (C=O) groups is 2. The molecule has 1 aliphatic heterocycles. The van der Waals surface area contributed by atoms with E-state index >= 15 is 0 Å². The van der Waals surface area contributed by atoms with Gasteiger partial charge in [-0.25, -0.2) is 9.97 Å². The van der Waals surface area contributed by atoms with E-state index < -0.39 is 0 Å². The van der Waals surface area contributed by atoms with E-state index in [9.17, 15) is 9.59 Å². The van der Waals surface area contributed by atoms with Gasteiger partial charge in [-0.3, -0.25) is 14.5 Å². The fourth-order valence-corrected chi connectivity index (χ4v) is 2.09. The van der Waals surface area contributed by atoms with Gasteiger partial charge in [-0.2, -0.15) is 0 Å². The second-order valence-corrected chi connectivity index (χ2v) is 4.32. The van der Waals surface area contributed by atoms with Crippen LogP contribution in [0.25, 0.3) is 11.1 Å². The number of amides is 2. The standard InChI is InChI=1S/C11H8ClN3O3/c12-11-10-7(13-5-14-11)3-6(18-10)4-15-8(16)1-2-9(15)17/h3,5H,1-2,4H2. The van der Waals surface area contributed by atoms with Gasteiger partial charge in [-0.05, 0) is 0 Å². The summed E-state index contributed by atoms with van der Waals surface area (Å²) in [4.78, 5) is 31.9. The lowest BCUT2D eigenvalue weighted by Gasteiger charge is -2.10. The molecule has 1 saturated heterocycles. The predicted octanol–water partition coefficient (Wildman–Crippen LogP) is 1.53. The number of aromatic nitrogens is 2. The Kier molecular flexibility index (Phi) is 2.52. The number of halogens is 1. The molecule has 7 heteroatoms. The Hall–Kier alpha value is -1.95. The van der Waals surface area contributed by atoms with Gasteiger partial charge >= 0.3 is 0 Å². The van der Waals surface area contributed by atoms with Crippen LogP contribution in [0.4, 0.5) is 0 Å². The zero-order valence-electron chi connectivity index (χ0n) is 9.22. The highest BCUT2D eigenvalue weighted by molar-refractivity contribution is 6.33. The largest absolute Gasteiger partial charge is 0.454 e. The Morgan fingerprint density at radius 1 is 1.28 bits per heavy atom. The molecule has 0 spiro atoms. The van der Waals surface area contributed by atoms with Crippen LogP contribution in [-0.4, -0.2) is 26.7 Å². The lowest BCUT2D eigenvalue weighted by Crippen LogP contribution is -2.28. The van der Waals surface area contributed by atoms with E-state index in [0.29, 0.717) is 16.9 Å². The minimum Gasteiger partial charge on any atom is -0.454 e. The number of hydrogen-bond acceptors (Lipinski definition) is 5. The SMILES string of the molecule is O=C1CCC(=O)N1Cc1cc2ncnc(Cl)c2o1. The first-order chi connectivity index (χ1) is 8.65. The van der Waals surface area contributed by atoms with Crippen molar-refractivity contribution in [2.24, 2.45) is 0 Å². The summed E-state index contributed by atoms with van der Waals surface area (Å²) in [6.45, 7) is 0.115. The van der Waals surface area contributed by atoms with Crippen LogP contribution >= 0.6 is 11.6 Å². The number of nitrogens with zero attached hydrogens (tertiary/aromatic N) is 3. The van der Waals surface area contributed by atoms with E-state index in [4.69, 9.17) is 16.0 Å². The van der Waals surface area contributed by atoms with Gasteiger partial charge in [-0.1, -0.05) is 11.6 Å². The van der Waals surface area contributed by atoms with Crippen molar-refractivity contribution in [3.8, 4) is 0 Å². The molecule has 0 atom stereocenters. The molecule has 1 aliphatic rings. The molecule has 2 aromatic heterocycles. The third kappa shape index (κ3) is 1.74. The average Bonchev–Trinajstić information content (AvgIpc) is 2.89. The summed E-state index contributed by atoms with van der Waals surface area (Å²) in [5.74, 6) is 0.103. The molecular formula is C11H8ClN3O3. The lowest BCUT2D eigenvalue weighted by atomic mass is 10.4. The van der Waals surface area contributed by atoms with Crippen LogP contribution in [0.15, 0.2) is 16.8 Å². The Morgan fingerprint density at radius 3 is 2.67 bits per heavy atom. The molecule has 0 aliphatic carbocycles. The molecule has 0 bridgehead atoms. The number of rotatable bonds is 2. The van der Waals surface area contributed by atoms with Gasteiger partial charge < -0.3 is 4.42 Å². The van der Waals surface area contributed by atoms with Crippen LogP contribution in [0.3, 0.4) is 0 Å². The predicted molar refractivity (Wildman–Crippen MR) is 61.6 cm³/mol. The van der Waals surface area contributed by atoms with Crippen molar-refractivity contribution in [2.45, 2.75) is 19.4 Å². The number of fused-ring (bicyclic) bond motifs is 1.